The highest BCUT2D eigenvalue weighted by Gasteiger charge is 2.20. The van der Waals surface area contributed by atoms with E-state index in [1.165, 1.54) is 12.5 Å². The molecule has 116 valence electrons. The van der Waals surface area contributed by atoms with E-state index in [1.54, 1.807) is 18.2 Å². The summed E-state index contributed by atoms with van der Waals surface area (Å²) < 4.78 is 16.1. The Morgan fingerprint density at radius 2 is 2.00 bits per heavy atom. The van der Waals surface area contributed by atoms with Gasteiger partial charge in [0.15, 0.2) is 17.8 Å². The van der Waals surface area contributed by atoms with Crippen molar-refractivity contribution in [3.05, 3.63) is 29.3 Å². The Bertz CT molecular complexity index is 599. The Morgan fingerprint density at radius 1 is 1.18 bits per heavy atom. The lowest BCUT2D eigenvalue weighted by atomic mass is 9.98. The van der Waals surface area contributed by atoms with Crippen molar-refractivity contribution in [2.24, 2.45) is 0 Å². The van der Waals surface area contributed by atoms with Crippen LogP contribution in [0.4, 0.5) is 0 Å². The zero-order chi connectivity index (χ0) is 15.4. The molecular formula is C17H18O5. The van der Waals surface area contributed by atoms with Crippen LogP contribution >= 0.6 is 0 Å². The molecule has 2 aliphatic rings. The highest BCUT2D eigenvalue weighted by atomic mass is 16.7. The highest BCUT2D eigenvalue weighted by Crippen LogP contribution is 2.37. The summed E-state index contributed by atoms with van der Waals surface area (Å²) >= 11 is 0. The maximum Gasteiger partial charge on any atom is 0.331 e. The monoisotopic (exact) mass is 302 g/mol. The molecule has 5 nitrogen and oxygen atoms in total. The van der Waals surface area contributed by atoms with Crippen molar-refractivity contribution in [1.29, 1.82) is 0 Å². The van der Waals surface area contributed by atoms with Gasteiger partial charge < -0.3 is 14.2 Å². The first kappa shape index (κ1) is 14.6. The molecule has 1 aliphatic heterocycles. The van der Waals surface area contributed by atoms with E-state index in [1.807, 2.05) is 0 Å². The van der Waals surface area contributed by atoms with Gasteiger partial charge in [0, 0.05) is 17.2 Å². The van der Waals surface area contributed by atoms with Crippen molar-refractivity contribution in [1.82, 2.24) is 0 Å². The van der Waals surface area contributed by atoms with Gasteiger partial charge >= 0.3 is 5.97 Å². The predicted molar refractivity (Wildman–Crippen MR) is 80.0 cm³/mol. The van der Waals surface area contributed by atoms with Gasteiger partial charge in [-0.25, -0.2) is 4.79 Å². The molecule has 1 aromatic carbocycles. The minimum atomic E-state index is -0.389. The lowest BCUT2D eigenvalue weighted by Crippen LogP contribution is -2.19. The Kier molecular flexibility index (Phi) is 4.42. The first-order valence-electron chi connectivity index (χ1n) is 7.54. The van der Waals surface area contributed by atoms with Crippen molar-refractivity contribution in [2.75, 3.05) is 6.79 Å². The normalized spacial score (nSPS) is 17.6. The zero-order valence-corrected chi connectivity index (χ0v) is 12.2. The van der Waals surface area contributed by atoms with Crippen LogP contribution in [0, 0.1) is 0 Å². The van der Waals surface area contributed by atoms with E-state index in [0.29, 0.717) is 22.6 Å². The van der Waals surface area contributed by atoms with Crippen LogP contribution in [0.1, 0.15) is 48.0 Å². The van der Waals surface area contributed by atoms with Crippen LogP contribution in [0.3, 0.4) is 0 Å². The molecule has 0 unspecified atom stereocenters. The van der Waals surface area contributed by atoms with E-state index in [4.69, 9.17) is 14.2 Å². The molecule has 0 spiro atoms. The molecule has 5 heteroatoms. The lowest BCUT2D eigenvalue weighted by Gasteiger charge is -2.20. The van der Waals surface area contributed by atoms with E-state index in [0.717, 1.165) is 32.0 Å². The topological polar surface area (TPSA) is 61.8 Å². The standard InChI is InChI=1S/C17H18O5/c18-10-12-6-8-15-17(21-11-20-15)14(12)7-9-16(19)22-13-4-2-1-3-5-13/h6-10,13H,1-5,11H2/b9-7+. The summed E-state index contributed by atoms with van der Waals surface area (Å²) in [5.74, 6) is 0.678. The average molecular weight is 302 g/mol. The molecule has 22 heavy (non-hydrogen) atoms. The van der Waals surface area contributed by atoms with E-state index in [9.17, 15) is 9.59 Å². The number of fused-ring (bicyclic) bond motifs is 1. The largest absolute Gasteiger partial charge is 0.459 e. The van der Waals surface area contributed by atoms with Gasteiger partial charge in [0.1, 0.15) is 6.10 Å². The molecule has 1 fully saturated rings. The van der Waals surface area contributed by atoms with Crippen LogP contribution in [0.2, 0.25) is 0 Å². The second kappa shape index (κ2) is 6.64. The first-order chi connectivity index (χ1) is 10.8. The third kappa shape index (κ3) is 3.13. The van der Waals surface area contributed by atoms with Gasteiger partial charge in [0.05, 0.1) is 0 Å². The number of esters is 1. The van der Waals surface area contributed by atoms with Crippen molar-refractivity contribution in [3.8, 4) is 11.5 Å². The summed E-state index contributed by atoms with van der Waals surface area (Å²) in [6.45, 7) is 0.116. The minimum absolute atomic E-state index is 0.0116. The van der Waals surface area contributed by atoms with Crippen molar-refractivity contribution in [2.45, 2.75) is 38.2 Å². The summed E-state index contributed by atoms with van der Waals surface area (Å²) in [7, 11) is 0. The molecule has 1 heterocycles. The Hall–Kier alpha value is -2.30. The molecule has 0 N–H and O–H groups in total. The molecule has 0 radical (unpaired) electrons. The summed E-state index contributed by atoms with van der Waals surface area (Å²) in [6.07, 6.45) is 8.92. The fraction of sp³-hybridized carbons (Fsp3) is 0.412. The van der Waals surface area contributed by atoms with E-state index in [2.05, 4.69) is 0 Å². The predicted octanol–water partition coefficient (Wildman–Crippen LogP) is 3.12. The Morgan fingerprint density at radius 3 is 2.77 bits per heavy atom. The average Bonchev–Trinajstić information content (AvgIpc) is 3.02. The number of carbonyl (C=O) groups excluding carboxylic acids is 2. The number of carbonyl (C=O) groups is 2. The quantitative estimate of drug-likeness (QED) is 0.486. The van der Waals surface area contributed by atoms with Gasteiger partial charge in [-0.3, -0.25) is 4.79 Å². The second-order valence-electron chi connectivity index (χ2n) is 5.45. The van der Waals surface area contributed by atoms with Crippen molar-refractivity contribution < 1.29 is 23.8 Å². The van der Waals surface area contributed by atoms with Crippen LogP contribution in [0.25, 0.3) is 6.08 Å². The van der Waals surface area contributed by atoms with Gasteiger partial charge in [0.2, 0.25) is 6.79 Å². The molecular weight excluding hydrogens is 284 g/mol. The highest BCUT2D eigenvalue weighted by molar-refractivity contribution is 5.92. The number of benzene rings is 1. The fourth-order valence-electron chi connectivity index (χ4n) is 2.82. The van der Waals surface area contributed by atoms with Crippen LogP contribution in [-0.2, 0) is 9.53 Å². The number of aldehydes is 1. The zero-order valence-electron chi connectivity index (χ0n) is 12.2. The number of hydrogen-bond donors (Lipinski definition) is 0. The molecule has 1 saturated carbocycles. The fourth-order valence-corrected chi connectivity index (χ4v) is 2.82. The Balaban J connectivity index is 1.73. The first-order valence-corrected chi connectivity index (χ1v) is 7.54. The van der Waals surface area contributed by atoms with Crippen LogP contribution in [0.15, 0.2) is 18.2 Å². The third-order valence-corrected chi connectivity index (χ3v) is 3.96. The van der Waals surface area contributed by atoms with Crippen LogP contribution in [-0.4, -0.2) is 25.2 Å². The van der Waals surface area contributed by atoms with Gasteiger partial charge in [-0.15, -0.1) is 0 Å². The number of rotatable bonds is 4. The second-order valence-corrected chi connectivity index (χ2v) is 5.45. The maximum atomic E-state index is 11.9. The SMILES string of the molecule is O=Cc1ccc2c(c1/C=C/C(=O)OC1CCCCC1)OCO2. The van der Waals surface area contributed by atoms with E-state index >= 15 is 0 Å². The van der Waals surface area contributed by atoms with Gasteiger partial charge in [-0.2, -0.15) is 0 Å². The number of ether oxygens (including phenoxy) is 3. The molecule has 0 aromatic heterocycles. The molecule has 0 amide bonds. The van der Waals surface area contributed by atoms with E-state index in [-0.39, 0.29) is 18.9 Å². The van der Waals surface area contributed by atoms with Crippen LogP contribution in [0.5, 0.6) is 11.5 Å². The summed E-state index contributed by atoms with van der Waals surface area (Å²) in [6, 6.07) is 3.33. The molecule has 0 saturated heterocycles. The molecule has 1 aliphatic carbocycles. The molecule has 0 atom stereocenters. The third-order valence-electron chi connectivity index (χ3n) is 3.96. The maximum absolute atomic E-state index is 11.9. The smallest absolute Gasteiger partial charge is 0.331 e. The van der Waals surface area contributed by atoms with Gasteiger partial charge in [-0.05, 0) is 43.9 Å². The van der Waals surface area contributed by atoms with Gasteiger partial charge in [0.25, 0.3) is 0 Å². The molecule has 0 bridgehead atoms. The Labute approximate surface area is 128 Å². The minimum Gasteiger partial charge on any atom is -0.459 e. The summed E-state index contributed by atoms with van der Waals surface area (Å²) in [5.41, 5.74) is 0.997. The summed E-state index contributed by atoms with van der Waals surface area (Å²) in [4.78, 5) is 23.1. The molecule has 1 aromatic rings. The van der Waals surface area contributed by atoms with Crippen molar-refractivity contribution in [3.63, 3.8) is 0 Å². The lowest BCUT2D eigenvalue weighted by molar-refractivity contribution is -0.144. The number of hydrogen-bond acceptors (Lipinski definition) is 5. The van der Waals surface area contributed by atoms with Crippen LogP contribution < -0.4 is 9.47 Å². The van der Waals surface area contributed by atoms with Crippen molar-refractivity contribution >= 4 is 18.3 Å². The molecule has 3 rings (SSSR count). The van der Waals surface area contributed by atoms with E-state index < -0.39 is 0 Å². The summed E-state index contributed by atoms with van der Waals surface area (Å²) in [5, 5.41) is 0. The van der Waals surface area contributed by atoms with Gasteiger partial charge in [-0.1, -0.05) is 6.42 Å².